The van der Waals surface area contributed by atoms with Gasteiger partial charge in [0.2, 0.25) is 5.95 Å². The summed E-state index contributed by atoms with van der Waals surface area (Å²) in [4.78, 5) is 13.3. The molecule has 2 atom stereocenters. The van der Waals surface area contributed by atoms with E-state index in [0.29, 0.717) is 52.8 Å². The molecule has 3 aromatic rings. The molecular weight excluding hydrogens is 423 g/mol. The Balaban J connectivity index is 1.58. The first-order chi connectivity index (χ1) is 14.8. The van der Waals surface area contributed by atoms with Crippen LogP contribution in [-0.4, -0.2) is 56.5 Å². The molecule has 2 aliphatic rings. The quantitative estimate of drug-likeness (QED) is 0.569. The van der Waals surface area contributed by atoms with E-state index in [4.69, 9.17) is 16.3 Å². The van der Waals surface area contributed by atoms with Gasteiger partial charge in [0.05, 0.1) is 53.3 Å². The summed E-state index contributed by atoms with van der Waals surface area (Å²) in [6.45, 7) is 6.33. The van der Waals surface area contributed by atoms with Crippen LogP contribution < -0.4 is 10.6 Å². The maximum Gasteiger partial charge on any atom is 0.223 e. The number of aliphatic hydroxyl groups is 1. The van der Waals surface area contributed by atoms with Crippen molar-refractivity contribution in [3.8, 4) is 11.3 Å². The first-order valence-corrected chi connectivity index (χ1v) is 10.7. The second-order valence-electron chi connectivity index (χ2n) is 8.68. The predicted molar refractivity (Wildman–Crippen MR) is 116 cm³/mol. The topological polar surface area (TPSA) is 97.1 Å². The van der Waals surface area contributed by atoms with E-state index in [1.807, 2.05) is 6.07 Å². The summed E-state index contributed by atoms with van der Waals surface area (Å²) >= 11 is 6.40. The lowest BCUT2D eigenvalue weighted by molar-refractivity contribution is -0.0136. The van der Waals surface area contributed by atoms with Crippen LogP contribution in [-0.2, 0) is 16.8 Å². The molecule has 0 unspecified atom stereocenters. The maximum absolute atomic E-state index is 15.1. The molecule has 0 saturated carbocycles. The molecule has 10 heteroatoms. The van der Waals surface area contributed by atoms with Crippen LogP contribution in [0.5, 0.6) is 0 Å². The van der Waals surface area contributed by atoms with Crippen molar-refractivity contribution in [3.05, 3.63) is 35.0 Å². The van der Waals surface area contributed by atoms with Crippen LogP contribution >= 0.6 is 11.6 Å². The fraction of sp³-hybridized carbons (Fsp3) is 0.476. The van der Waals surface area contributed by atoms with Crippen molar-refractivity contribution in [2.24, 2.45) is 0 Å². The summed E-state index contributed by atoms with van der Waals surface area (Å²) in [5.41, 5.74) is 1.76. The molecule has 1 fully saturated rings. The SMILES string of the molecule is CC1(C)CNCc2nc3c(F)cc(-c4nc(N[C@@H]5CCOC[C@H]5O)ncc4Cl)cc3n21. The molecule has 0 aliphatic carbocycles. The van der Waals surface area contributed by atoms with Gasteiger partial charge >= 0.3 is 0 Å². The highest BCUT2D eigenvalue weighted by Crippen LogP contribution is 2.34. The van der Waals surface area contributed by atoms with Gasteiger partial charge in [-0.15, -0.1) is 0 Å². The standard InChI is InChI=1S/C21H24ClFN6O2/c1-21(2)10-24-8-17-27-19-13(23)5-11(6-15(19)29(17)21)18-12(22)7-25-20(28-18)26-14-3-4-31-9-16(14)30/h5-7,14,16,24,30H,3-4,8-10H2,1-2H3,(H,25,26,28)/t14-,16-/m1/s1. The molecule has 5 rings (SSSR count). The third-order valence-electron chi connectivity index (χ3n) is 5.89. The molecule has 0 spiro atoms. The fourth-order valence-corrected chi connectivity index (χ4v) is 4.57. The van der Waals surface area contributed by atoms with Gasteiger partial charge in [-0.05, 0) is 32.4 Å². The number of ether oxygens (including phenoxy) is 1. The van der Waals surface area contributed by atoms with E-state index in [0.717, 1.165) is 12.4 Å². The van der Waals surface area contributed by atoms with E-state index in [2.05, 4.69) is 44.0 Å². The van der Waals surface area contributed by atoms with E-state index < -0.39 is 11.9 Å². The van der Waals surface area contributed by atoms with E-state index in [1.165, 1.54) is 12.3 Å². The first-order valence-electron chi connectivity index (χ1n) is 10.3. The highest BCUT2D eigenvalue weighted by atomic mass is 35.5. The Morgan fingerprint density at radius 1 is 1.35 bits per heavy atom. The molecule has 8 nitrogen and oxygen atoms in total. The average molecular weight is 447 g/mol. The summed E-state index contributed by atoms with van der Waals surface area (Å²) in [7, 11) is 0. The van der Waals surface area contributed by atoms with Crippen molar-refractivity contribution in [1.82, 2.24) is 24.8 Å². The molecule has 4 heterocycles. The van der Waals surface area contributed by atoms with E-state index >= 15 is 4.39 Å². The van der Waals surface area contributed by atoms with Crippen molar-refractivity contribution in [2.75, 3.05) is 25.1 Å². The lowest BCUT2D eigenvalue weighted by Gasteiger charge is -2.33. The van der Waals surface area contributed by atoms with Crippen LogP contribution in [0.1, 0.15) is 26.1 Å². The van der Waals surface area contributed by atoms with Gasteiger partial charge in [0.1, 0.15) is 11.3 Å². The number of imidazole rings is 1. The Bertz CT molecular complexity index is 1150. The van der Waals surface area contributed by atoms with Gasteiger partial charge < -0.3 is 25.0 Å². The molecular formula is C21H24ClFN6O2. The third kappa shape index (κ3) is 3.65. The molecule has 0 amide bonds. The molecule has 2 aromatic heterocycles. The Kier molecular flexibility index (Phi) is 5.09. The molecule has 1 saturated heterocycles. The summed E-state index contributed by atoms with van der Waals surface area (Å²) in [6, 6.07) is 3.06. The molecule has 0 bridgehead atoms. The summed E-state index contributed by atoms with van der Waals surface area (Å²) < 4.78 is 22.4. The van der Waals surface area contributed by atoms with E-state index in [9.17, 15) is 5.11 Å². The Hall–Kier alpha value is -2.33. The number of hydrogen-bond donors (Lipinski definition) is 3. The number of hydrogen-bond acceptors (Lipinski definition) is 7. The van der Waals surface area contributed by atoms with Crippen LogP contribution in [0.15, 0.2) is 18.3 Å². The Morgan fingerprint density at radius 2 is 2.19 bits per heavy atom. The number of aliphatic hydroxyl groups excluding tert-OH is 1. The monoisotopic (exact) mass is 446 g/mol. The van der Waals surface area contributed by atoms with Crippen molar-refractivity contribution >= 4 is 28.6 Å². The smallest absolute Gasteiger partial charge is 0.223 e. The van der Waals surface area contributed by atoms with Gasteiger partial charge in [0.15, 0.2) is 5.82 Å². The van der Waals surface area contributed by atoms with Gasteiger partial charge in [-0.25, -0.2) is 19.3 Å². The van der Waals surface area contributed by atoms with E-state index in [1.54, 1.807) is 0 Å². The summed E-state index contributed by atoms with van der Waals surface area (Å²) in [5.74, 6) is 0.701. The molecule has 2 aliphatic heterocycles. The van der Waals surface area contributed by atoms with Crippen LogP contribution in [0.3, 0.4) is 0 Å². The largest absolute Gasteiger partial charge is 0.389 e. The molecule has 164 valence electrons. The van der Waals surface area contributed by atoms with Crippen LogP contribution in [0.2, 0.25) is 5.02 Å². The zero-order valence-corrected chi connectivity index (χ0v) is 18.1. The van der Waals surface area contributed by atoms with Crippen LogP contribution in [0.4, 0.5) is 10.3 Å². The first kappa shape index (κ1) is 20.6. The highest BCUT2D eigenvalue weighted by molar-refractivity contribution is 6.33. The van der Waals surface area contributed by atoms with Crippen LogP contribution in [0, 0.1) is 5.82 Å². The molecule has 1 aromatic carbocycles. The minimum Gasteiger partial charge on any atom is -0.389 e. The zero-order chi connectivity index (χ0) is 21.8. The number of nitrogens with one attached hydrogen (secondary N) is 2. The fourth-order valence-electron chi connectivity index (χ4n) is 4.37. The maximum atomic E-state index is 15.1. The predicted octanol–water partition coefficient (Wildman–Crippen LogP) is 2.69. The molecule has 0 radical (unpaired) electrons. The lowest BCUT2D eigenvalue weighted by Crippen LogP contribution is -2.44. The number of fused-ring (bicyclic) bond motifs is 3. The van der Waals surface area contributed by atoms with E-state index in [-0.39, 0.29) is 18.2 Å². The minimum atomic E-state index is -0.653. The second-order valence-corrected chi connectivity index (χ2v) is 9.08. The minimum absolute atomic E-state index is 0.225. The molecule has 31 heavy (non-hydrogen) atoms. The second kappa shape index (κ2) is 7.67. The van der Waals surface area contributed by atoms with Gasteiger partial charge in [-0.3, -0.25) is 0 Å². The van der Waals surface area contributed by atoms with Gasteiger partial charge in [0, 0.05) is 18.7 Å². The van der Waals surface area contributed by atoms with Crippen molar-refractivity contribution in [3.63, 3.8) is 0 Å². The number of benzene rings is 1. The number of rotatable bonds is 3. The third-order valence-corrected chi connectivity index (χ3v) is 6.16. The molecule has 3 N–H and O–H groups in total. The number of halogens is 2. The average Bonchev–Trinajstić information content (AvgIpc) is 3.11. The van der Waals surface area contributed by atoms with Crippen molar-refractivity contribution in [2.45, 2.75) is 44.5 Å². The Morgan fingerprint density at radius 3 is 3.00 bits per heavy atom. The van der Waals surface area contributed by atoms with Gasteiger partial charge in [-0.2, -0.15) is 0 Å². The van der Waals surface area contributed by atoms with Crippen LogP contribution in [0.25, 0.3) is 22.3 Å². The summed E-state index contributed by atoms with van der Waals surface area (Å²) in [5, 5.41) is 16.9. The summed E-state index contributed by atoms with van der Waals surface area (Å²) in [6.07, 6.45) is 1.47. The van der Waals surface area contributed by atoms with Gasteiger partial charge in [0.25, 0.3) is 0 Å². The number of anilines is 1. The number of nitrogens with zero attached hydrogens (tertiary/aromatic N) is 4. The van der Waals surface area contributed by atoms with Crippen molar-refractivity contribution in [1.29, 1.82) is 0 Å². The van der Waals surface area contributed by atoms with Gasteiger partial charge in [-0.1, -0.05) is 11.6 Å². The normalized spacial score (nSPS) is 23.0. The Labute approximate surface area is 183 Å². The number of aromatic nitrogens is 4. The lowest BCUT2D eigenvalue weighted by atomic mass is 10.0. The van der Waals surface area contributed by atoms with Crippen molar-refractivity contribution < 1.29 is 14.2 Å². The highest BCUT2D eigenvalue weighted by Gasteiger charge is 2.31. The zero-order valence-electron chi connectivity index (χ0n) is 17.3.